The molecule has 0 saturated carbocycles. The van der Waals surface area contributed by atoms with Crippen molar-refractivity contribution in [1.82, 2.24) is 0 Å². The van der Waals surface area contributed by atoms with E-state index in [4.69, 9.17) is 0 Å². The molecule has 0 aliphatic carbocycles. The number of nitro groups is 1. The van der Waals surface area contributed by atoms with E-state index in [1.165, 1.54) is 6.07 Å². The number of carbonyl (C=O) groups excluding carboxylic acids is 1. The molecule has 1 N–H and O–H groups in total. The molecule has 2 rings (SSSR count). The fourth-order valence-electron chi connectivity index (χ4n) is 1.72. The van der Waals surface area contributed by atoms with Crippen LogP contribution in [0.5, 0.6) is 0 Å². The fraction of sp³-hybridized carbons (Fsp3) is 0.0714. The number of nitro benzene ring substituents is 1. The summed E-state index contributed by atoms with van der Waals surface area (Å²) in [4.78, 5) is 21.5. The normalized spacial score (nSPS) is 10.1. The van der Waals surface area contributed by atoms with E-state index in [1.807, 2.05) is 18.2 Å². The number of nitrogens with zero attached hydrogens (tertiary/aromatic N) is 1. The predicted molar refractivity (Wildman–Crippen MR) is 71.8 cm³/mol. The molecule has 0 unspecified atom stereocenters. The Morgan fingerprint density at radius 2 is 1.90 bits per heavy atom. The van der Waals surface area contributed by atoms with Gasteiger partial charge in [-0.3, -0.25) is 14.9 Å². The minimum atomic E-state index is -0.934. The van der Waals surface area contributed by atoms with Gasteiger partial charge in [0.05, 0.1) is 11.3 Å². The molecule has 0 radical (unpaired) electrons. The summed E-state index contributed by atoms with van der Waals surface area (Å²) in [5, 5.41) is 13.1. The third kappa shape index (κ3) is 3.38. The lowest BCUT2D eigenvalue weighted by Crippen LogP contribution is -2.14. The third-order valence-corrected chi connectivity index (χ3v) is 2.63. The number of halogens is 1. The zero-order valence-corrected chi connectivity index (χ0v) is 10.4. The second-order valence-electron chi connectivity index (χ2n) is 4.13. The van der Waals surface area contributed by atoms with Gasteiger partial charge in [0.2, 0.25) is 11.7 Å². The molecule has 20 heavy (non-hydrogen) atoms. The average molecular weight is 274 g/mol. The highest BCUT2D eigenvalue weighted by atomic mass is 19.1. The molecule has 0 atom stereocenters. The van der Waals surface area contributed by atoms with Crippen LogP contribution in [0.2, 0.25) is 0 Å². The lowest BCUT2D eigenvalue weighted by atomic mass is 10.1. The van der Waals surface area contributed by atoms with Crippen LogP contribution in [-0.2, 0) is 11.2 Å². The van der Waals surface area contributed by atoms with E-state index in [-0.39, 0.29) is 18.0 Å². The Labute approximate surface area is 114 Å². The maximum absolute atomic E-state index is 13.2. The molecule has 2 aromatic carbocycles. The Hall–Kier alpha value is -2.76. The van der Waals surface area contributed by atoms with Crippen LogP contribution in [0, 0.1) is 15.9 Å². The van der Waals surface area contributed by atoms with Crippen molar-refractivity contribution >= 4 is 17.3 Å². The largest absolute Gasteiger partial charge is 0.326 e. The van der Waals surface area contributed by atoms with Crippen molar-refractivity contribution in [1.29, 1.82) is 0 Å². The zero-order chi connectivity index (χ0) is 14.5. The van der Waals surface area contributed by atoms with Gasteiger partial charge >= 0.3 is 5.69 Å². The molecule has 6 heteroatoms. The first kappa shape index (κ1) is 13.7. The molecule has 1 amide bonds. The number of rotatable bonds is 4. The summed E-state index contributed by atoms with van der Waals surface area (Å²) in [6.45, 7) is 0. The molecule has 0 heterocycles. The Morgan fingerprint density at radius 3 is 2.55 bits per heavy atom. The van der Waals surface area contributed by atoms with Gasteiger partial charge in [-0.25, -0.2) is 0 Å². The lowest BCUT2D eigenvalue weighted by Gasteiger charge is -2.05. The van der Waals surface area contributed by atoms with E-state index < -0.39 is 16.4 Å². The Morgan fingerprint density at radius 1 is 1.20 bits per heavy atom. The van der Waals surface area contributed by atoms with Gasteiger partial charge in [-0.05, 0) is 17.7 Å². The molecule has 5 nitrogen and oxygen atoms in total. The standard InChI is InChI=1S/C14H11FN2O3/c15-12-7-6-11(9-13(12)17(19)20)16-14(18)8-10-4-2-1-3-5-10/h1-7,9H,8H2,(H,16,18). The van der Waals surface area contributed by atoms with E-state index in [1.54, 1.807) is 12.1 Å². The number of hydrogen-bond donors (Lipinski definition) is 1. The summed E-state index contributed by atoms with van der Waals surface area (Å²) in [6, 6.07) is 12.3. The highest BCUT2D eigenvalue weighted by Crippen LogP contribution is 2.21. The van der Waals surface area contributed by atoms with E-state index >= 15 is 0 Å². The van der Waals surface area contributed by atoms with Crippen molar-refractivity contribution < 1.29 is 14.1 Å². The van der Waals surface area contributed by atoms with Crippen LogP contribution in [0.1, 0.15) is 5.56 Å². The van der Waals surface area contributed by atoms with Gasteiger partial charge in [-0.15, -0.1) is 0 Å². The molecule has 0 fully saturated rings. The molecular weight excluding hydrogens is 263 g/mol. The number of benzene rings is 2. The summed E-state index contributed by atoms with van der Waals surface area (Å²) in [6.07, 6.45) is 0.145. The van der Waals surface area contributed by atoms with Crippen LogP contribution in [-0.4, -0.2) is 10.8 Å². The predicted octanol–water partition coefficient (Wildman–Crippen LogP) is 2.92. The highest BCUT2D eigenvalue weighted by molar-refractivity contribution is 5.92. The maximum Gasteiger partial charge on any atom is 0.306 e. The van der Waals surface area contributed by atoms with E-state index in [2.05, 4.69) is 5.32 Å². The SMILES string of the molecule is O=C(Cc1ccccc1)Nc1ccc(F)c([N+](=O)[O-])c1. The summed E-state index contributed by atoms with van der Waals surface area (Å²) in [7, 11) is 0. The van der Waals surface area contributed by atoms with E-state index in [9.17, 15) is 19.3 Å². The third-order valence-electron chi connectivity index (χ3n) is 2.63. The first-order valence-electron chi connectivity index (χ1n) is 5.84. The summed E-state index contributed by atoms with van der Waals surface area (Å²) < 4.78 is 13.2. The second kappa shape index (κ2) is 5.92. The van der Waals surface area contributed by atoms with Crippen molar-refractivity contribution in [3.05, 3.63) is 70.0 Å². The lowest BCUT2D eigenvalue weighted by molar-refractivity contribution is -0.387. The molecule has 102 valence electrons. The van der Waals surface area contributed by atoms with Crippen LogP contribution in [0.15, 0.2) is 48.5 Å². The quantitative estimate of drug-likeness (QED) is 0.688. The Bertz CT molecular complexity index is 644. The van der Waals surface area contributed by atoms with Crippen LogP contribution < -0.4 is 5.32 Å². The van der Waals surface area contributed by atoms with Crippen molar-refractivity contribution in [2.24, 2.45) is 0 Å². The van der Waals surface area contributed by atoms with Gasteiger partial charge in [0.25, 0.3) is 0 Å². The molecule has 2 aromatic rings. The molecule has 0 spiro atoms. The Balaban J connectivity index is 2.08. The first-order valence-corrected chi connectivity index (χ1v) is 5.84. The number of hydrogen-bond acceptors (Lipinski definition) is 3. The number of carbonyl (C=O) groups is 1. The summed E-state index contributed by atoms with van der Waals surface area (Å²) in [5.41, 5.74) is 0.350. The van der Waals surface area contributed by atoms with Crippen LogP contribution >= 0.6 is 0 Å². The van der Waals surface area contributed by atoms with Crippen molar-refractivity contribution in [2.45, 2.75) is 6.42 Å². The first-order chi connectivity index (χ1) is 9.56. The van der Waals surface area contributed by atoms with Crippen LogP contribution in [0.3, 0.4) is 0 Å². The van der Waals surface area contributed by atoms with Gasteiger partial charge < -0.3 is 5.32 Å². The van der Waals surface area contributed by atoms with Gasteiger partial charge in [-0.1, -0.05) is 30.3 Å². The Kier molecular flexibility index (Phi) is 4.05. The summed E-state index contributed by atoms with van der Waals surface area (Å²) >= 11 is 0. The van der Waals surface area contributed by atoms with Crippen LogP contribution in [0.25, 0.3) is 0 Å². The zero-order valence-electron chi connectivity index (χ0n) is 10.4. The molecule has 0 aliphatic heterocycles. The fourth-order valence-corrected chi connectivity index (χ4v) is 1.72. The van der Waals surface area contributed by atoms with Crippen molar-refractivity contribution in [3.63, 3.8) is 0 Å². The summed E-state index contributed by atoms with van der Waals surface area (Å²) in [5.74, 6) is -1.26. The molecule has 0 saturated heterocycles. The maximum atomic E-state index is 13.2. The number of nitrogens with one attached hydrogen (secondary N) is 1. The highest BCUT2D eigenvalue weighted by Gasteiger charge is 2.15. The smallest absolute Gasteiger partial charge is 0.306 e. The van der Waals surface area contributed by atoms with Gasteiger partial charge in [-0.2, -0.15) is 4.39 Å². The van der Waals surface area contributed by atoms with Gasteiger partial charge in [0.15, 0.2) is 0 Å². The molecule has 0 aliphatic rings. The van der Waals surface area contributed by atoms with Crippen LogP contribution in [0.4, 0.5) is 15.8 Å². The average Bonchev–Trinajstić information content (AvgIpc) is 2.41. The van der Waals surface area contributed by atoms with Gasteiger partial charge in [0, 0.05) is 11.8 Å². The molecular formula is C14H11FN2O3. The van der Waals surface area contributed by atoms with E-state index in [0.29, 0.717) is 0 Å². The monoisotopic (exact) mass is 274 g/mol. The van der Waals surface area contributed by atoms with E-state index in [0.717, 1.165) is 17.7 Å². The van der Waals surface area contributed by atoms with Gasteiger partial charge in [0.1, 0.15) is 0 Å². The molecule has 0 bridgehead atoms. The number of amides is 1. The number of anilines is 1. The van der Waals surface area contributed by atoms with Crippen molar-refractivity contribution in [3.8, 4) is 0 Å². The minimum absolute atomic E-state index is 0.145. The molecule has 0 aromatic heterocycles. The second-order valence-corrected chi connectivity index (χ2v) is 4.13. The van der Waals surface area contributed by atoms with Crippen molar-refractivity contribution in [2.75, 3.05) is 5.32 Å². The topological polar surface area (TPSA) is 72.2 Å². The minimum Gasteiger partial charge on any atom is -0.326 e.